The fourth-order valence-corrected chi connectivity index (χ4v) is 4.81. The quantitative estimate of drug-likeness (QED) is 0.695. The molecule has 0 bridgehead atoms. The first-order chi connectivity index (χ1) is 15.1. The summed E-state index contributed by atoms with van der Waals surface area (Å²) in [5.41, 5.74) is 2.14. The smallest absolute Gasteiger partial charge is 0.159 e. The largest absolute Gasteiger partial charge is 0.353 e. The minimum absolute atomic E-state index is 0.519. The number of nitrogens with one attached hydrogen (secondary N) is 1. The predicted molar refractivity (Wildman–Crippen MR) is 118 cm³/mol. The van der Waals surface area contributed by atoms with Gasteiger partial charge < -0.3 is 14.8 Å². The summed E-state index contributed by atoms with van der Waals surface area (Å²) >= 11 is 0. The highest BCUT2D eigenvalue weighted by Crippen LogP contribution is 2.28. The summed E-state index contributed by atoms with van der Waals surface area (Å²) in [6.45, 7) is 6.32. The number of pyridine rings is 1. The Morgan fingerprint density at radius 2 is 1.81 bits per heavy atom. The summed E-state index contributed by atoms with van der Waals surface area (Å²) < 4.78 is 27.0. The molecule has 1 N–H and O–H groups in total. The number of imidazole rings is 1. The van der Waals surface area contributed by atoms with Crippen molar-refractivity contribution in [3.05, 3.63) is 42.1 Å². The maximum Gasteiger partial charge on any atom is 0.159 e. The number of fused-ring (bicyclic) bond motifs is 1. The number of benzene rings is 1. The van der Waals surface area contributed by atoms with E-state index in [0.717, 1.165) is 55.5 Å². The van der Waals surface area contributed by atoms with E-state index in [9.17, 15) is 8.78 Å². The summed E-state index contributed by atoms with van der Waals surface area (Å²) in [6.07, 6.45) is 5.35. The van der Waals surface area contributed by atoms with Crippen molar-refractivity contribution in [1.82, 2.24) is 24.8 Å². The van der Waals surface area contributed by atoms with E-state index >= 15 is 0 Å². The number of hydrogen-bond donors (Lipinski definition) is 1. The fourth-order valence-electron chi connectivity index (χ4n) is 4.81. The number of anilines is 1. The van der Waals surface area contributed by atoms with E-state index in [1.807, 2.05) is 6.07 Å². The number of H-pyrrole nitrogens is 1. The van der Waals surface area contributed by atoms with Crippen LogP contribution in [0.4, 0.5) is 14.6 Å². The van der Waals surface area contributed by atoms with Gasteiger partial charge in [0.05, 0.1) is 5.52 Å². The van der Waals surface area contributed by atoms with Gasteiger partial charge in [-0.05, 0) is 63.7 Å². The van der Waals surface area contributed by atoms with Crippen LogP contribution >= 0.6 is 0 Å². The van der Waals surface area contributed by atoms with Crippen molar-refractivity contribution in [2.45, 2.75) is 25.3 Å². The average Bonchev–Trinajstić information content (AvgIpc) is 3.07. The molecule has 0 amide bonds. The molecule has 8 heteroatoms. The highest BCUT2D eigenvalue weighted by molar-refractivity contribution is 5.88. The van der Waals surface area contributed by atoms with Gasteiger partial charge in [-0.25, -0.2) is 18.7 Å². The number of halogens is 2. The Labute approximate surface area is 180 Å². The Morgan fingerprint density at radius 1 is 0.968 bits per heavy atom. The second-order valence-electron chi connectivity index (χ2n) is 8.66. The van der Waals surface area contributed by atoms with Crippen LogP contribution in [0.15, 0.2) is 30.5 Å². The molecule has 2 aromatic heterocycles. The summed E-state index contributed by atoms with van der Waals surface area (Å²) in [5.74, 6) is -0.363. The molecule has 2 aliphatic rings. The Kier molecular flexibility index (Phi) is 5.58. The predicted octanol–water partition coefficient (Wildman–Crippen LogP) is 3.51. The van der Waals surface area contributed by atoms with Crippen LogP contribution in [0.1, 0.15) is 19.3 Å². The van der Waals surface area contributed by atoms with Gasteiger partial charge in [0.2, 0.25) is 0 Å². The van der Waals surface area contributed by atoms with Crippen LogP contribution in [0.3, 0.4) is 0 Å². The lowest BCUT2D eigenvalue weighted by molar-refractivity contribution is 0.127. The molecule has 2 saturated heterocycles. The Bertz CT molecular complexity index is 1060. The molecule has 164 valence electrons. The number of likely N-dealkylation sites (tertiary alicyclic amines) is 1. The molecule has 0 atom stereocenters. The van der Waals surface area contributed by atoms with E-state index in [1.165, 1.54) is 38.1 Å². The molecule has 2 fully saturated rings. The van der Waals surface area contributed by atoms with E-state index < -0.39 is 11.6 Å². The van der Waals surface area contributed by atoms with Gasteiger partial charge in [0.15, 0.2) is 17.5 Å². The molecule has 0 spiro atoms. The van der Waals surface area contributed by atoms with Crippen molar-refractivity contribution < 1.29 is 8.78 Å². The summed E-state index contributed by atoms with van der Waals surface area (Å²) in [4.78, 5) is 20.0. The molecular weight excluding hydrogens is 398 g/mol. The fraction of sp³-hybridized carbons (Fsp3) is 0.478. The van der Waals surface area contributed by atoms with Gasteiger partial charge >= 0.3 is 0 Å². The van der Waals surface area contributed by atoms with Crippen LogP contribution < -0.4 is 4.90 Å². The summed E-state index contributed by atoms with van der Waals surface area (Å²) in [6, 6.07) is 6.38. The average molecular weight is 427 g/mol. The standard InChI is InChI=1S/C23H28F2N6/c1-29-11-6-17(7-12-29)30-9-2-10-31(14-13-30)23-21-20(5-8-26-23)27-22(28-21)16-3-4-18(24)19(25)15-16/h3-5,8,15,17H,2,6-7,9-14H2,1H3,(H,27,28). The third kappa shape index (κ3) is 4.14. The monoisotopic (exact) mass is 426 g/mol. The Hall–Kier alpha value is -2.58. The number of hydrogen-bond acceptors (Lipinski definition) is 5. The number of aromatic nitrogens is 3. The third-order valence-electron chi connectivity index (χ3n) is 6.61. The van der Waals surface area contributed by atoms with Crippen LogP contribution in [0.5, 0.6) is 0 Å². The SMILES string of the molecule is CN1CCC(N2CCCN(c3nccc4[nH]c(-c5ccc(F)c(F)c5)nc34)CC2)CC1. The second kappa shape index (κ2) is 8.51. The topological polar surface area (TPSA) is 51.3 Å². The van der Waals surface area contributed by atoms with Crippen molar-refractivity contribution in [2.24, 2.45) is 0 Å². The summed E-state index contributed by atoms with van der Waals surface area (Å²) in [5, 5.41) is 0. The van der Waals surface area contributed by atoms with Crippen molar-refractivity contribution in [1.29, 1.82) is 0 Å². The lowest BCUT2D eigenvalue weighted by atomic mass is 10.0. The first kappa shape index (κ1) is 20.3. The maximum absolute atomic E-state index is 13.7. The molecule has 31 heavy (non-hydrogen) atoms. The zero-order valence-corrected chi connectivity index (χ0v) is 17.8. The van der Waals surface area contributed by atoms with Gasteiger partial charge in [-0.3, -0.25) is 4.90 Å². The van der Waals surface area contributed by atoms with Gasteiger partial charge in [0.25, 0.3) is 0 Å². The first-order valence-electron chi connectivity index (χ1n) is 11.1. The molecule has 0 unspecified atom stereocenters. The van der Waals surface area contributed by atoms with Gasteiger partial charge in [0.1, 0.15) is 11.3 Å². The molecule has 6 nitrogen and oxygen atoms in total. The van der Waals surface area contributed by atoms with Crippen LogP contribution in [-0.2, 0) is 0 Å². The van der Waals surface area contributed by atoms with E-state index in [0.29, 0.717) is 17.4 Å². The van der Waals surface area contributed by atoms with Crippen molar-refractivity contribution in [3.63, 3.8) is 0 Å². The molecule has 0 radical (unpaired) electrons. The van der Waals surface area contributed by atoms with Gasteiger partial charge in [0, 0.05) is 44.0 Å². The van der Waals surface area contributed by atoms with Crippen LogP contribution in [-0.4, -0.2) is 77.1 Å². The second-order valence-corrected chi connectivity index (χ2v) is 8.66. The van der Waals surface area contributed by atoms with Crippen molar-refractivity contribution >= 4 is 16.9 Å². The highest BCUT2D eigenvalue weighted by atomic mass is 19.2. The molecular formula is C23H28F2N6. The molecule has 1 aromatic carbocycles. The van der Waals surface area contributed by atoms with Crippen LogP contribution in [0.2, 0.25) is 0 Å². The Morgan fingerprint density at radius 3 is 2.61 bits per heavy atom. The maximum atomic E-state index is 13.7. The zero-order valence-electron chi connectivity index (χ0n) is 17.8. The van der Waals surface area contributed by atoms with E-state index in [2.05, 4.69) is 31.7 Å². The molecule has 0 aliphatic carbocycles. The zero-order chi connectivity index (χ0) is 21.4. The molecule has 2 aliphatic heterocycles. The van der Waals surface area contributed by atoms with Crippen LogP contribution in [0, 0.1) is 11.6 Å². The van der Waals surface area contributed by atoms with E-state index in [4.69, 9.17) is 4.98 Å². The normalized spacial score (nSPS) is 19.8. The van der Waals surface area contributed by atoms with Crippen molar-refractivity contribution in [3.8, 4) is 11.4 Å². The lowest BCUT2D eigenvalue weighted by Crippen LogP contribution is -2.45. The van der Waals surface area contributed by atoms with E-state index in [1.54, 1.807) is 6.20 Å². The molecule has 4 heterocycles. The minimum Gasteiger partial charge on any atom is -0.353 e. The first-order valence-corrected chi connectivity index (χ1v) is 11.1. The number of piperidine rings is 1. The van der Waals surface area contributed by atoms with Gasteiger partial charge in [-0.15, -0.1) is 0 Å². The summed E-state index contributed by atoms with van der Waals surface area (Å²) in [7, 11) is 2.20. The minimum atomic E-state index is -0.877. The lowest BCUT2D eigenvalue weighted by Gasteiger charge is -2.36. The number of rotatable bonds is 3. The Balaban J connectivity index is 1.37. The molecule has 3 aromatic rings. The third-order valence-corrected chi connectivity index (χ3v) is 6.61. The van der Waals surface area contributed by atoms with Gasteiger partial charge in [-0.2, -0.15) is 0 Å². The number of aromatic amines is 1. The van der Waals surface area contributed by atoms with Gasteiger partial charge in [-0.1, -0.05) is 0 Å². The van der Waals surface area contributed by atoms with Crippen molar-refractivity contribution in [2.75, 3.05) is 51.2 Å². The molecule has 0 saturated carbocycles. The van der Waals surface area contributed by atoms with E-state index in [-0.39, 0.29) is 0 Å². The van der Waals surface area contributed by atoms with Crippen LogP contribution in [0.25, 0.3) is 22.4 Å². The highest BCUT2D eigenvalue weighted by Gasteiger charge is 2.26. The number of nitrogens with zero attached hydrogens (tertiary/aromatic N) is 5. The molecule has 5 rings (SSSR count).